The summed E-state index contributed by atoms with van der Waals surface area (Å²) < 4.78 is 5.60. The zero-order chi connectivity index (χ0) is 16.9. The number of aryl methyl sites for hydroxylation is 1. The molecule has 124 valence electrons. The molecule has 0 fully saturated rings. The molecule has 0 aliphatic heterocycles. The van der Waals surface area contributed by atoms with Crippen molar-refractivity contribution in [3.63, 3.8) is 0 Å². The zero-order valence-electron chi connectivity index (χ0n) is 13.4. The SMILES string of the molecule is Cc1ccc(-c2nnc(SCC(=O)N[C@@H](C)c3cccs3)o2)cc1. The molecule has 0 unspecified atom stereocenters. The van der Waals surface area contributed by atoms with Crippen LogP contribution in [0.3, 0.4) is 0 Å². The first-order valence-corrected chi connectivity index (χ1v) is 9.34. The van der Waals surface area contributed by atoms with Crippen LogP contribution in [0.1, 0.15) is 23.4 Å². The summed E-state index contributed by atoms with van der Waals surface area (Å²) in [5, 5.41) is 13.4. The number of nitrogens with one attached hydrogen (secondary N) is 1. The minimum Gasteiger partial charge on any atom is -0.411 e. The number of nitrogens with zero attached hydrogens (tertiary/aromatic N) is 2. The van der Waals surface area contributed by atoms with Crippen LogP contribution in [0.25, 0.3) is 11.5 Å². The minimum absolute atomic E-state index is 0.00362. The summed E-state index contributed by atoms with van der Waals surface area (Å²) in [6.07, 6.45) is 0. The van der Waals surface area contributed by atoms with Gasteiger partial charge in [0.15, 0.2) is 0 Å². The lowest BCUT2D eigenvalue weighted by Gasteiger charge is -2.11. The summed E-state index contributed by atoms with van der Waals surface area (Å²) in [4.78, 5) is 13.2. The van der Waals surface area contributed by atoms with Crippen LogP contribution in [0.5, 0.6) is 0 Å². The second-order valence-electron chi connectivity index (χ2n) is 5.33. The van der Waals surface area contributed by atoms with Crippen molar-refractivity contribution < 1.29 is 9.21 Å². The molecule has 2 heterocycles. The predicted octanol–water partition coefficient (Wildman–Crippen LogP) is 4.08. The monoisotopic (exact) mass is 359 g/mol. The molecular formula is C17H17N3O2S2. The zero-order valence-corrected chi connectivity index (χ0v) is 15.0. The maximum absolute atomic E-state index is 12.0. The average Bonchev–Trinajstić information content (AvgIpc) is 3.25. The Hall–Kier alpha value is -2.12. The molecule has 24 heavy (non-hydrogen) atoms. The number of thiophene rings is 1. The van der Waals surface area contributed by atoms with Gasteiger partial charge in [-0.3, -0.25) is 4.79 Å². The van der Waals surface area contributed by atoms with Gasteiger partial charge in [0, 0.05) is 10.4 Å². The van der Waals surface area contributed by atoms with Gasteiger partial charge in [0.05, 0.1) is 11.8 Å². The van der Waals surface area contributed by atoms with Gasteiger partial charge in [-0.05, 0) is 37.4 Å². The molecule has 1 amide bonds. The Bertz CT molecular complexity index is 798. The highest BCUT2D eigenvalue weighted by Crippen LogP contribution is 2.24. The summed E-state index contributed by atoms with van der Waals surface area (Å²) in [7, 11) is 0. The van der Waals surface area contributed by atoms with Crippen LogP contribution in [0.4, 0.5) is 0 Å². The fourth-order valence-corrected chi connectivity index (χ4v) is 3.41. The number of thioether (sulfide) groups is 1. The maximum Gasteiger partial charge on any atom is 0.277 e. The second kappa shape index (κ2) is 7.63. The van der Waals surface area contributed by atoms with Crippen molar-refractivity contribution in [2.24, 2.45) is 0 Å². The number of hydrogen-bond acceptors (Lipinski definition) is 6. The lowest BCUT2D eigenvalue weighted by molar-refractivity contribution is -0.119. The molecule has 2 aromatic heterocycles. The molecule has 0 saturated heterocycles. The summed E-state index contributed by atoms with van der Waals surface area (Å²) in [6.45, 7) is 3.99. The molecule has 0 bridgehead atoms. The quantitative estimate of drug-likeness (QED) is 0.672. The van der Waals surface area contributed by atoms with Gasteiger partial charge in [0.2, 0.25) is 11.8 Å². The third-order valence-electron chi connectivity index (χ3n) is 3.38. The van der Waals surface area contributed by atoms with E-state index in [1.54, 1.807) is 11.3 Å². The predicted molar refractivity (Wildman–Crippen MR) is 96.1 cm³/mol. The van der Waals surface area contributed by atoms with Gasteiger partial charge in [-0.25, -0.2) is 0 Å². The number of carbonyl (C=O) groups excluding carboxylic acids is 1. The number of benzene rings is 1. The molecule has 1 atom stereocenters. The molecule has 3 rings (SSSR count). The highest BCUT2D eigenvalue weighted by molar-refractivity contribution is 7.99. The van der Waals surface area contributed by atoms with E-state index in [-0.39, 0.29) is 17.7 Å². The smallest absolute Gasteiger partial charge is 0.277 e. The normalized spacial score (nSPS) is 12.1. The molecule has 1 aromatic carbocycles. The Balaban J connectivity index is 1.53. The van der Waals surface area contributed by atoms with E-state index in [1.807, 2.05) is 55.6 Å². The van der Waals surface area contributed by atoms with Crippen molar-refractivity contribution in [3.8, 4) is 11.5 Å². The highest BCUT2D eigenvalue weighted by atomic mass is 32.2. The standard InChI is InChI=1S/C17H17N3O2S2/c1-11-5-7-13(8-6-11)16-19-20-17(22-16)24-10-15(21)18-12(2)14-4-3-9-23-14/h3-9,12H,10H2,1-2H3,(H,18,21)/t12-/m0/s1. The molecule has 0 aliphatic rings. The summed E-state index contributed by atoms with van der Waals surface area (Å²) >= 11 is 2.86. The van der Waals surface area contributed by atoms with Gasteiger partial charge in [-0.15, -0.1) is 21.5 Å². The minimum atomic E-state index is -0.0593. The molecule has 0 spiro atoms. The largest absolute Gasteiger partial charge is 0.411 e. The van der Waals surface area contributed by atoms with Crippen LogP contribution in [0, 0.1) is 6.92 Å². The first-order valence-electron chi connectivity index (χ1n) is 7.48. The molecule has 0 aliphatic carbocycles. The van der Waals surface area contributed by atoms with E-state index >= 15 is 0 Å². The van der Waals surface area contributed by atoms with Crippen LogP contribution in [0.2, 0.25) is 0 Å². The number of carbonyl (C=O) groups is 1. The van der Waals surface area contributed by atoms with Gasteiger partial charge in [-0.2, -0.15) is 0 Å². The van der Waals surface area contributed by atoms with E-state index in [1.165, 1.54) is 17.3 Å². The molecule has 0 radical (unpaired) electrons. The number of aromatic nitrogens is 2. The Kier molecular flexibility index (Phi) is 5.32. The van der Waals surface area contributed by atoms with Gasteiger partial charge in [0.1, 0.15) is 0 Å². The Labute approximate surface area is 148 Å². The first-order chi connectivity index (χ1) is 11.6. The van der Waals surface area contributed by atoms with Crippen molar-refractivity contribution in [3.05, 3.63) is 52.2 Å². The third kappa shape index (κ3) is 4.24. The van der Waals surface area contributed by atoms with Crippen molar-refractivity contribution in [2.45, 2.75) is 25.1 Å². The van der Waals surface area contributed by atoms with E-state index in [0.717, 1.165) is 10.4 Å². The van der Waals surface area contributed by atoms with E-state index in [9.17, 15) is 4.79 Å². The van der Waals surface area contributed by atoms with Crippen molar-refractivity contribution in [1.29, 1.82) is 0 Å². The van der Waals surface area contributed by atoms with Gasteiger partial charge >= 0.3 is 0 Å². The second-order valence-corrected chi connectivity index (χ2v) is 7.24. The van der Waals surface area contributed by atoms with Gasteiger partial charge in [0.25, 0.3) is 5.22 Å². The molecule has 3 aromatic rings. The Morgan fingerprint density at radius 1 is 1.29 bits per heavy atom. The summed E-state index contributed by atoms with van der Waals surface area (Å²) in [5.41, 5.74) is 2.04. The Morgan fingerprint density at radius 3 is 2.79 bits per heavy atom. The van der Waals surface area contributed by atoms with Crippen molar-refractivity contribution in [2.75, 3.05) is 5.75 Å². The average molecular weight is 359 g/mol. The van der Waals surface area contributed by atoms with Crippen LogP contribution in [0.15, 0.2) is 51.4 Å². The lowest BCUT2D eigenvalue weighted by Crippen LogP contribution is -2.27. The Morgan fingerprint density at radius 2 is 2.08 bits per heavy atom. The number of hydrogen-bond donors (Lipinski definition) is 1. The number of rotatable bonds is 6. The lowest BCUT2D eigenvalue weighted by atomic mass is 10.1. The van der Waals surface area contributed by atoms with Crippen LogP contribution in [-0.2, 0) is 4.79 Å². The van der Waals surface area contributed by atoms with Crippen molar-refractivity contribution >= 4 is 29.0 Å². The molecule has 0 saturated carbocycles. The third-order valence-corrected chi connectivity index (χ3v) is 5.25. The topological polar surface area (TPSA) is 68.0 Å². The number of amides is 1. The van der Waals surface area contributed by atoms with E-state index in [4.69, 9.17) is 4.42 Å². The van der Waals surface area contributed by atoms with E-state index in [2.05, 4.69) is 15.5 Å². The molecule has 1 N–H and O–H groups in total. The van der Waals surface area contributed by atoms with E-state index in [0.29, 0.717) is 11.1 Å². The van der Waals surface area contributed by atoms with Crippen molar-refractivity contribution in [1.82, 2.24) is 15.5 Å². The molecule has 7 heteroatoms. The fourth-order valence-electron chi connectivity index (χ4n) is 2.10. The summed E-state index contributed by atoms with van der Waals surface area (Å²) in [5.74, 6) is 0.645. The van der Waals surface area contributed by atoms with Crippen LogP contribution in [-0.4, -0.2) is 21.9 Å². The summed E-state index contributed by atoms with van der Waals surface area (Å²) in [6, 6.07) is 11.8. The molecular weight excluding hydrogens is 342 g/mol. The van der Waals surface area contributed by atoms with E-state index < -0.39 is 0 Å². The fraction of sp³-hybridized carbons (Fsp3) is 0.235. The van der Waals surface area contributed by atoms with Gasteiger partial charge in [-0.1, -0.05) is 35.5 Å². The first kappa shape index (κ1) is 16.7. The van der Waals surface area contributed by atoms with Gasteiger partial charge < -0.3 is 9.73 Å². The maximum atomic E-state index is 12.0. The highest BCUT2D eigenvalue weighted by Gasteiger charge is 2.13. The van der Waals surface area contributed by atoms with Crippen LogP contribution < -0.4 is 5.32 Å². The van der Waals surface area contributed by atoms with Crippen LogP contribution >= 0.6 is 23.1 Å². The molecule has 5 nitrogen and oxygen atoms in total.